The summed E-state index contributed by atoms with van der Waals surface area (Å²) in [6.07, 6.45) is 0. The Morgan fingerprint density at radius 3 is 2.12 bits per heavy atom. The Labute approximate surface area is 105 Å². The number of aromatic nitrogens is 1. The van der Waals surface area contributed by atoms with Gasteiger partial charge < -0.3 is 0 Å². The molecule has 0 bridgehead atoms. The maximum absolute atomic E-state index is 13.1. The molecule has 1 nitrogen and oxygen atoms in total. The Morgan fingerprint density at radius 2 is 1.59 bits per heavy atom. The number of pyridine rings is 1. The molecule has 1 aromatic heterocycles. The van der Waals surface area contributed by atoms with Gasteiger partial charge in [0.2, 0.25) is 5.69 Å². The highest BCUT2D eigenvalue weighted by Crippen LogP contribution is 2.17. The molecule has 0 saturated carbocycles. The van der Waals surface area contributed by atoms with Crippen LogP contribution >= 0.6 is 11.6 Å². The smallest absolute Gasteiger partial charge is 0.205 e. The largest absolute Gasteiger partial charge is 0.212 e. The zero-order valence-corrected chi connectivity index (χ0v) is 10.8. The van der Waals surface area contributed by atoms with Crippen LogP contribution in [0.25, 0.3) is 5.69 Å². The highest BCUT2D eigenvalue weighted by molar-refractivity contribution is 6.30. The summed E-state index contributed by atoms with van der Waals surface area (Å²) in [4.78, 5) is 0. The summed E-state index contributed by atoms with van der Waals surface area (Å²) in [6.45, 7) is 6.11. The number of rotatable bonds is 1. The van der Waals surface area contributed by atoms with E-state index in [0.29, 0.717) is 0 Å². The number of benzene rings is 1. The summed E-state index contributed by atoms with van der Waals surface area (Å²) in [6, 6.07) is 8.95. The van der Waals surface area contributed by atoms with E-state index in [0.717, 1.165) is 17.1 Å². The molecule has 0 aliphatic rings. The lowest BCUT2D eigenvalue weighted by molar-refractivity contribution is -0.609. The van der Waals surface area contributed by atoms with Crippen molar-refractivity contribution in [3.63, 3.8) is 0 Å². The Hall–Kier alpha value is -1.41. The first kappa shape index (κ1) is 12.1. The molecule has 0 unspecified atom stereocenters. The second-order valence-electron chi connectivity index (χ2n) is 4.25. The molecule has 0 fully saturated rings. The fourth-order valence-corrected chi connectivity index (χ4v) is 2.31. The molecule has 0 amide bonds. The molecule has 88 valence electrons. The van der Waals surface area contributed by atoms with E-state index < -0.39 is 5.82 Å². The van der Waals surface area contributed by atoms with Crippen molar-refractivity contribution in [2.45, 2.75) is 20.8 Å². The monoisotopic (exact) mass is 250 g/mol. The van der Waals surface area contributed by atoms with Crippen molar-refractivity contribution in [1.82, 2.24) is 0 Å². The summed E-state index contributed by atoms with van der Waals surface area (Å²) in [5, 5.41) is 0.148. The molecule has 1 aromatic carbocycles. The highest BCUT2D eigenvalue weighted by Gasteiger charge is 2.16. The fourth-order valence-electron chi connectivity index (χ4n) is 2.14. The van der Waals surface area contributed by atoms with E-state index in [4.69, 9.17) is 11.6 Å². The lowest BCUT2D eigenvalue weighted by Crippen LogP contribution is -2.37. The molecule has 0 aliphatic heterocycles. The first-order valence-electron chi connectivity index (χ1n) is 5.44. The van der Waals surface area contributed by atoms with E-state index in [9.17, 15) is 4.39 Å². The summed E-state index contributed by atoms with van der Waals surface area (Å²) in [5.74, 6) is -0.390. The lowest BCUT2D eigenvalue weighted by Gasteiger charge is -2.05. The SMILES string of the molecule is Cc1cc(C)[n+](-c2ccc(F)c(Cl)c2)c(C)c1. The third-order valence-electron chi connectivity index (χ3n) is 2.74. The molecule has 0 saturated heterocycles. The zero-order valence-electron chi connectivity index (χ0n) is 10.1. The van der Waals surface area contributed by atoms with Gasteiger partial charge >= 0.3 is 0 Å². The average Bonchev–Trinajstić information content (AvgIpc) is 2.21. The topological polar surface area (TPSA) is 3.88 Å². The first-order chi connectivity index (χ1) is 7.99. The highest BCUT2D eigenvalue weighted by atomic mass is 35.5. The van der Waals surface area contributed by atoms with Crippen LogP contribution in [-0.2, 0) is 0 Å². The zero-order chi connectivity index (χ0) is 12.6. The number of aryl methyl sites for hydroxylation is 3. The third kappa shape index (κ3) is 2.32. The van der Waals surface area contributed by atoms with Gasteiger partial charge in [0.25, 0.3) is 0 Å². The van der Waals surface area contributed by atoms with Gasteiger partial charge in [0, 0.05) is 38.1 Å². The fraction of sp³-hybridized carbons (Fsp3) is 0.214. The molecule has 2 rings (SSSR count). The minimum atomic E-state index is -0.390. The molecule has 0 atom stereocenters. The molecule has 3 heteroatoms. The average molecular weight is 251 g/mol. The van der Waals surface area contributed by atoms with Crippen molar-refractivity contribution < 1.29 is 8.96 Å². The minimum Gasteiger partial charge on any atom is -0.205 e. The van der Waals surface area contributed by atoms with Crippen LogP contribution < -0.4 is 4.57 Å². The summed E-state index contributed by atoms with van der Waals surface area (Å²) < 4.78 is 15.2. The maximum atomic E-state index is 13.1. The lowest BCUT2D eigenvalue weighted by atomic mass is 10.2. The van der Waals surface area contributed by atoms with Crippen LogP contribution in [0.2, 0.25) is 5.02 Å². The number of hydrogen-bond donors (Lipinski definition) is 0. The van der Waals surface area contributed by atoms with Crippen LogP contribution in [0, 0.1) is 26.6 Å². The molecular formula is C14H14ClFN+. The summed E-state index contributed by atoms with van der Waals surface area (Å²) >= 11 is 5.81. The van der Waals surface area contributed by atoms with Crippen LogP contribution in [0.15, 0.2) is 30.3 Å². The van der Waals surface area contributed by atoms with Crippen LogP contribution in [-0.4, -0.2) is 0 Å². The molecule has 17 heavy (non-hydrogen) atoms. The van der Waals surface area contributed by atoms with Gasteiger partial charge in [-0.15, -0.1) is 0 Å². The number of hydrogen-bond acceptors (Lipinski definition) is 0. The standard InChI is InChI=1S/C14H14ClFN/c1-9-6-10(2)17(11(3)7-9)12-4-5-14(16)13(15)8-12/h4-8H,1-3H3/q+1. The van der Waals surface area contributed by atoms with Gasteiger partial charge in [0.15, 0.2) is 11.4 Å². The Kier molecular flexibility index (Phi) is 3.16. The quantitative estimate of drug-likeness (QED) is 0.680. The van der Waals surface area contributed by atoms with Crippen LogP contribution in [0.3, 0.4) is 0 Å². The molecule has 0 radical (unpaired) electrons. The van der Waals surface area contributed by atoms with Crippen LogP contribution in [0.5, 0.6) is 0 Å². The number of halogens is 2. The first-order valence-corrected chi connectivity index (χ1v) is 5.82. The summed E-state index contributed by atoms with van der Waals surface area (Å²) in [7, 11) is 0. The molecule has 2 aromatic rings. The van der Waals surface area contributed by atoms with Gasteiger partial charge in [-0.25, -0.2) is 4.39 Å². The van der Waals surface area contributed by atoms with Gasteiger partial charge in [-0.05, 0) is 18.6 Å². The Bertz CT molecular complexity index is 555. The van der Waals surface area contributed by atoms with Crippen molar-refractivity contribution in [2.75, 3.05) is 0 Å². The summed E-state index contributed by atoms with van der Waals surface area (Å²) in [5.41, 5.74) is 4.30. The van der Waals surface area contributed by atoms with Gasteiger partial charge in [-0.1, -0.05) is 11.6 Å². The van der Waals surface area contributed by atoms with Gasteiger partial charge in [-0.2, -0.15) is 4.57 Å². The molecule has 0 aliphatic carbocycles. The van der Waals surface area contributed by atoms with Crippen molar-refractivity contribution in [3.05, 3.63) is 58.1 Å². The second-order valence-corrected chi connectivity index (χ2v) is 4.66. The normalized spacial score (nSPS) is 10.6. The Morgan fingerprint density at radius 1 is 1.00 bits per heavy atom. The molecule has 0 N–H and O–H groups in total. The predicted molar refractivity (Wildman–Crippen MR) is 67.2 cm³/mol. The van der Waals surface area contributed by atoms with E-state index in [1.165, 1.54) is 11.6 Å². The van der Waals surface area contributed by atoms with E-state index in [2.05, 4.69) is 23.6 Å². The van der Waals surface area contributed by atoms with Crippen molar-refractivity contribution in [2.24, 2.45) is 0 Å². The Balaban J connectivity index is 2.64. The van der Waals surface area contributed by atoms with Crippen molar-refractivity contribution in [1.29, 1.82) is 0 Å². The van der Waals surface area contributed by atoms with E-state index in [-0.39, 0.29) is 5.02 Å². The maximum Gasteiger partial charge on any atom is 0.212 e. The molecule has 1 heterocycles. The second kappa shape index (κ2) is 4.46. The van der Waals surface area contributed by atoms with Gasteiger partial charge in [0.05, 0.1) is 5.02 Å². The van der Waals surface area contributed by atoms with Crippen molar-refractivity contribution >= 4 is 11.6 Å². The van der Waals surface area contributed by atoms with E-state index >= 15 is 0 Å². The van der Waals surface area contributed by atoms with E-state index in [1.54, 1.807) is 12.1 Å². The van der Waals surface area contributed by atoms with Crippen LogP contribution in [0.4, 0.5) is 4.39 Å². The van der Waals surface area contributed by atoms with Crippen molar-refractivity contribution in [3.8, 4) is 5.69 Å². The van der Waals surface area contributed by atoms with E-state index in [1.807, 2.05) is 13.8 Å². The minimum absolute atomic E-state index is 0.148. The molecule has 0 spiro atoms. The van der Waals surface area contributed by atoms with Gasteiger partial charge in [-0.3, -0.25) is 0 Å². The number of nitrogens with zero attached hydrogens (tertiary/aromatic N) is 1. The van der Waals surface area contributed by atoms with Crippen LogP contribution in [0.1, 0.15) is 17.0 Å². The van der Waals surface area contributed by atoms with Gasteiger partial charge in [0.1, 0.15) is 5.82 Å². The predicted octanol–water partition coefficient (Wildman–Crippen LogP) is 3.68. The third-order valence-corrected chi connectivity index (χ3v) is 3.03. The molecular weight excluding hydrogens is 237 g/mol.